The number of fused-ring (bicyclic) bond motifs is 1. The number of para-hydroxylation sites is 1. The molecule has 0 atom stereocenters. The molecular formula is C16H16N2OS. The molecule has 0 aliphatic rings. The van der Waals surface area contributed by atoms with Crippen LogP contribution < -0.4 is 0 Å². The van der Waals surface area contributed by atoms with Crippen molar-refractivity contribution in [2.75, 3.05) is 13.6 Å². The van der Waals surface area contributed by atoms with E-state index in [-0.39, 0.29) is 5.91 Å². The third-order valence-electron chi connectivity index (χ3n) is 3.47. The van der Waals surface area contributed by atoms with E-state index in [1.165, 1.54) is 22.3 Å². The summed E-state index contributed by atoms with van der Waals surface area (Å²) in [7, 11) is 1.86. The van der Waals surface area contributed by atoms with Crippen LogP contribution in [0.1, 0.15) is 15.2 Å². The number of amides is 1. The average Bonchev–Trinajstić information content (AvgIpc) is 3.13. The fourth-order valence-corrected chi connectivity index (χ4v) is 3.03. The predicted octanol–water partition coefficient (Wildman–Crippen LogP) is 3.54. The zero-order chi connectivity index (χ0) is 13.9. The molecular weight excluding hydrogens is 268 g/mol. The van der Waals surface area contributed by atoms with Gasteiger partial charge in [-0.15, -0.1) is 11.3 Å². The second-order valence-electron chi connectivity index (χ2n) is 4.81. The van der Waals surface area contributed by atoms with Crippen molar-refractivity contribution in [2.45, 2.75) is 6.42 Å². The van der Waals surface area contributed by atoms with Gasteiger partial charge in [0.1, 0.15) is 0 Å². The standard InChI is InChI=1S/C16H16N2OS/c1-18(16(19)15-7-4-10-20-15)9-8-12-11-17-14-6-3-2-5-13(12)14/h2-7,10-11,17H,8-9H2,1H3. The SMILES string of the molecule is CN(CCc1c[nH]c2ccccc12)C(=O)c1cccs1. The van der Waals surface area contributed by atoms with Crippen molar-refractivity contribution < 1.29 is 4.79 Å². The van der Waals surface area contributed by atoms with Gasteiger partial charge in [-0.05, 0) is 29.5 Å². The molecule has 4 heteroatoms. The lowest BCUT2D eigenvalue weighted by Crippen LogP contribution is -2.28. The van der Waals surface area contributed by atoms with Crippen molar-refractivity contribution in [3.63, 3.8) is 0 Å². The molecule has 3 nitrogen and oxygen atoms in total. The van der Waals surface area contributed by atoms with Gasteiger partial charge in [0.15, 0.2) is 0 Å². The number of aromatic amines is 1. The Morgan fingerprint density at radius 3 is 2.90 bits per heavy atom. The highest BCUT2D eigenvalue weighted by molar-refractivity contribution is 7.12. The summed E-state index contributed by atoms with van der Waals surface area (Å²) in [5.74, 6) is 0.0971. The number of nitrogens with one attached hydrogen (secondary N) is 1. The van der Waals surface area contributed by atoms with Gasteiger partial charge in [-0.1, -0.05) is 24.3 Å². The van der Waals surface area contributed by atoms with Gasteiger partial charge in [0, 0.05) is 30.7 Å². The first-order valence-corrected chi connectivity index (χ1v) is 7.47. The molecule has 0 unspecified atom stereocenters. The predicted molar refractivity (Wildman–Crippen MR) is 83.3 cm³/mol. The summed E-state index contributed by atoms with van der Waals surface area (Å²) in [5.41, 5.74) is 2.40. The third-order valence-corrected chi connectivity index (χ3v) is 4.33. The number of H-pyrrole nitrogens is 1. The molecule has 0 bridgehead atoms. The van der Waals surface area contributed by atoms with E-state index in [1.54, 1.807) is 4.90 Å². The Morgan fingerprint density at radius 2 is 2.10 bits per heavy atom. The smallest absolute Gasteiger partial charge is 0.263 e. The van der Waals surface area contributed by atoms with E-state index in [1.807, 2.05) is 42.9 Å². The van der Waals surface area contributed by atoms with Crippen molar-refractivity contribution >= 4 is 28.1 Å². The summed E-state index contributed by atoms with van der Waals surface area (Å²) >= 11 is 1.49. The average molecular weight is 284 g/mol. The number of hydrogen-bond acceptors (Lipinski definition) is 2. The molecule has 0 spiro atoms. The molecule has 0 aliphatic carbocycles. The third kappa shape index (κ3) is 2.47. The largest absolute Gasteiger partial charge is 0.361 e. The van der Waals surface area contributed by atoms with E-state index >= 15 is 0 Å². The highest BCUT2D eigenvalue weighted by Gasteiger charge is 2.13. The summed E-state index contributed by atoms with van der Waals surface area (Å²) in [6, 6.07) is 12.0. The Hall–Kier alpha value is -2.07. The molecule has 1 N–H and O–H groups in total. The fraction of sp³-hybridized carbons (Fsp3) is 0.188. The molecule has 0 saturated heterocycles. The zero-order valence-electron chi connectivity index (χ0n) is 11.3. The lowest BCUT2D eigenvalue weighted by atomic mass is 10.1. The van der Waals surface area contributed by atoms with Crippen molar-refractivity contribution in [3.05, 3.63) is 58.4 Å². The van der Waals surface area contributed by atoms with E-state index in [0.29, 0.717) is 0 Å². The van der Waals surface area contributed by atoms with Crippen LogP contribution in [0.2, 0.25) is 0 Å². The molecule has 102 valence electrons. The van der Waals surface area contributed by atoms with Crippen LogP contribution >= 0.6 is 11.3 Å². The maximum Gasteiger partial charge on any atom is 0.263 e. The highest BCUT2D eigenvalue weighted by atomic mass is 32.1. The van der Waals surface area contributed by atoms with Gasteiger partial charge in [-0.2, -0.15) is 0 Å². The monoisotopic (exact) mass is 284 g/mol. The van der Waals surface area contributed by atoms with E-state index < -0.39 is 0 Å². The van der Waals surface area contributed by atoms with Gasteiger partial charge in [0.2, 0.25) is 0 Å². The summed E-state index contributed by atoms with van der Waals surface area (Å²) in [6.07, 6.45) is 2.89. The first-order valence-electron chi connectivity index (χ1n) is 6.59. The molecule has 20 heavy (non-hydrogen) atoms. The lowest BCUT2D eigenvalue weighted by molar-refractivity contribution is 0.0801. The van der Waals surface area contributed by atoms with Gasteiger partial charge >= 0.3 is 0 Å². The maximum atomic E-state index is 12.2. The topological polar surface area (TPSA) is 36.1 Å². The van der Waals surface area contributed by atoms with Crippen LogP contribution in [-0.2, 0) is 6.42 Å². The maximum absolute atomic E-state index is 12.2. The van der Waals surface area contributed by atoms with Gasteiger partial charge in [0.25, 0.3) is 5.91 Å². The van der Waals surface area contributed by atoms with Crippen LogP contribution in [0, 0.1) is 0 Å². The number of hydrogen-bond donors (Lipinski definition) is 1. The number of benzene rings is 1. The summed E-state index contributed by atoms with van der Waals surface area (Å²) < 4.78 is 0. The molecule has 0 radical (unpaired) electrons. The van der Waals surface area contributed by atoms with E-state index in [2.05, 4.69) is 17.1 Å². The van der Waals surface area contributed by atoms with Crippen molar-refractivity contribution in [2.24, 2.45) is 0 Å². The summed E-state index contributed by atoms with van der Waals surface area (Å²) in [4.78, 5) is 18.0. The Morgan fingerprint density at radius 1 is 1.25 bits per heavy atom. The van der Waals surface area contributed by atoms with Gasteiger partial charge < -0.3 is 9.88 Å². The van der Waals surface area contributed by atoms with E-state index in [9.17, 15) is 4.79 Å². The summed E-state index contributed by atoms with van der Waals surface area (Å²) in [5, 5.41) is 3.17. The van der Waals surface area contributed by atoms with Crippen LogP contribution in [0.3, 0.4) is 0 Å². The van der Waals surface area contributed by atoms with Crippen LogP contribution in [0.5, 0.6) is 0 Å². The van der Waals surface area contributed by atoms with Crippen LogP contribution in [0.25, 0.3) is 10.9 Å². The molecule has 1 aromatic carbocycles. The molecule has 0 saturated carbocycles. The number of likely N-dealkylation sites (N-methyl/N-ethyl adjacent to an activating group) is 1. The first-order chi connectivity index (χ1) is 9.75. The zero-order valence-corrected chi connectivity index (χ0v) is 12.1. The molecule has 2 heterocycles. The van der Waals surface area contributed by atoms with Gasteiger partial charge in [-0.3, -0.25) is 4.79 Å². The molecule has 0 aliphatic heterocycles. The molecule has 3 aromatic rings. The van der Waals surface area contributed by atoms with Crippen molar-refractivity contribution in [1.29, 1.82) is 0 Å². The van der Waals surface area contributed by atoms with Crippen LogP contribution in [0.15, 0.2) is 48.0 Å². The van der Waals surface area contributed by atoms with E-state index in [4.69, 9.17) is 0 Å². The Kier molecular flexibility index (Phi) is 3.56. The van der Waals surface area contributed by atoms with Gasteiger partial charge in [0.05, 0.1) is 4.88 Å². The number of rotatable bonds is 4. The highest BCUT2D eigenvalue weighted by Crippen LogP contribution is 2.18. The number of nitrogens with zero attached hydrogens (tertiary/aromatic N) is 1. The second kappa shape index (κ2) is 5.51. The Labute approximate surface area is 121 Å². The Balaban J connectivity index is 1.69. The normalized spacial score (nSPS) is 10.8. The second-order valence-corrected chi connectivity index (χ2v) is 5.76. The number of carbonyl (C=O) groups excluding carboxylic acids is 1. The van der Waals surface area contributed by atoms with Gasteiger partial charge in [-0.25, -0.2) is 0 Å². The fourth-order valence-electron chi connectivity index (χ4n) is 2.32. The Bertz CT molecular complexity index is 715. The number of aromatic nitrogens is 1. The first kappa shape index (κ1) is 12.9. The number of carbonyl (C=O) groups is 1. The molecule has 3 rings (SSSR count). The van der Waals surface area contributed by atoms with E-state index in [0.717, 1.165) is 23.4 Å². The van der Waals surface area contributed by atoms with Crippen LogP contribution in [0.4, 0.5) is 0 Å². The molecule has 2 aromatic heterocycles. The minimum absolute atomic E-state index is 0.0971. The number of thiophene rings is 1. The van der Waals surface area contributed by atoms with Crippen molar-refractivity contribution in [1.82, 2.24) is 9.88 Å². The lowest BCUT2D eigenvalue weighted by Gasteiger charge is -2.15. The molecule has 0 fully saturated rings. The van der Waals surface area contributed by atoms with Crippen LogP contribution in [-0.4, -0.2) is 29.4 Å². The quantitative estimate of drug-likeness (QED) is 0.781. The molecule has 1 amide bonds. The minimum atomic E-state index is 0.0971. The summed E-state index contributed by atoms with van der Waals surface area (Å²) in [6.45, 7) is 0.721. The van der Waals surface area contributed by atoms with Crippen molar-refractivity contribution in [3.8, 4) is 0 Å². The minimum Gasteiger partial charge on any atom is -0.361 e.